The van der Waals surface area contributed by atoms with Gasteiger partial charge in [0.2, 0.25) is 10.0 Å². The summed E-state index contributed by atoms with van der Waals surface area (Å²) in [5, 5.41) is 28.5. The van der Waals surface area contributed by atoms with Crippen molar-refractivity contribution in [3.63, 3.8) is 0 Å². The van der Waals surface area contributed by atoms with E-state index in [1.54, 1.807) is 97.1 Å². The van der Waals surface area contributed by atoms with Crippen molar-refractivity contribution < 1.29 is 68.1 Å². The number of carbonyl (C=O) groups is 3. The normalized spacial score (nSPS) is 11.5. The van der Waals surface area contributed by atoms with Gasteiger partial charge in [0.15, 0.2) is 0 Å². The maximum absolute atomic E-state index is 13.2. The number of fused-ring (bicyclic) bond motifs is 1. The molecule has 480 valence electrons. The molecule has 93 heavy (non-hydrogen) atoms. The summed E-state index contributed by atoms with van der Waals surface area (Å²) in [4.78, 5) is 32.6. The molecule has 0 aliphatic heterocycles. The van der Waals surface area contributed by atoms with E-state index in [0.29, 0.717) is 66.2 Å². The van der Waals surface area contributed by atoms with E-state index in [-0.39, 0.29) is 27.3 Å². The van der Waals surface area contributed by atoms with Crippen molar-refractivity contribution in [3.8, 4) is 0 Å². The predicted molar refractivity (Wildman–Crippen MR) is 355 cm³/mol. The second-order valence-electron chi connectivity index (χ2n) is 21.6. The summed E-state index contributed by atoms with van der Waals surface area (Å²) in [6, 6.07) is 67.0. The molecule has 0 amide bonds. The van der Waals surface area contributed by atoms with Crippen LogP contribution in [0.3, 0.4) is 0 Å². The van der Waals surface area contributed by atoms with E-state index in [4.69, 9.17) is 15.3 Å². The molecule has 0 unspecified atom stereocenters. The molecule has 0 aromatic heterocycles. The van der Waals surface area contributed by atoms with Crippen molar-refractivity contribution in [3.05, 3.63) is 304 Å². The van der Waals surface area contributed by atoms with Gasteiger partial charge in [0.05, 0.1) is 54.9 Å². The molecule has 0 aliphatic rings. The van der Waals surface area contributed by atoms with Gasteiger partial charge in [0, 0.05) is 5.39 Å². The summed E-state index contributed by atoms with van der Waals surface area (Å²) in [5.41, 5.74) is 7.49. The number of aryl methyl sites for hydroxylation is 6. The molecular formula is C72H66F3N3O12S3. The lowest BCUT2D eigenvalue weighted by atomic mass is 10.0. The number of nitrogens with one attached hydrogen (secondary N) is 3. The molecule has 0 spiro atoms. The maximum atomic E-state index is 13.2. The quantitative estimate of drug-likeness (QED) is 0.0313. The Morgan fingerprint density at radius 1 is 0.366 bits per heavy atom. The number of carboxylic acid groups (broad SMARTS) is 3. The van der Waals surface area contributed by atoms with Crippen molar-refractivity contribution in [2.24, 2.45) is 0 Å². The van der Waals surface area contributed by atoms with Gasteiger partial charge < -0.3 is 15.3 Å². The first kappa shape index (κ1) is 68.8. The third-order valence-electron chi connectivity index (χ3n) is 14.9. The van der Waals surface area contributed by atoms with E-state index in [2.05, 4.69) is 14.2 Å². The lowest BCUT2D eigenvalue weighted by Crippen LogP contribution is -2.16. The predicted octanol–water partition coefficient (Wildman–Crippen LogP) is 15.4. The zero-order valence-electron chi connectivity index (χ0n) is 50.0. The number of hydrogen-bond donors (Lipinski definition) is 6. The largest absolute Gasteiger partial charge is 0.478 e. The molecular weight excluding hydrogens is 1250 g/mol. The Labute approximate surface area is 538 Å². The first-order valence-corrected chi connectivity index (χ1v) is 34.0. The van der Waals surface area contributed by atoms with Crippen LogP contribution >= 0.6 is 0 Å². The van der Waals surface area contributed by atoms with Crippen LogP contribution in [0.15, 0.2) is 252 Å². The van der Waals surface area contributed by atoms with Crippen LogP contribution in [0.1, 0.15) is 94.8 Å². The fourth-order valence-corrected chi connectivity index (χ4v) is 13.8. The van der Waals surface area contributed by atoms with Crippen LogP contribution in [-0.4, -0.2) is 58.5 Å². The zero-order valence-corrected chi connectivity index (χ0v) is 52.5. The molecule has 15 nitrogen and oxygen atoms in total. The van der Waals surface area contributed by atoms with Gasteiger partial charge in [-0.1, -0.05) is 164 Å². The number of anilines is 3. The summed E-state index contributed by atoms with van der Waals surface area (Å²) < 4.78 is 124. The minimum atomic E-state index is -4.65. The summed E-state index contributed by atoms with van der Waals surface area (Å²) in [5.74, 6) is -2.95. The van der Waals surface area contributed by atoms with Gasteiger partial charge in [0.25, 0.3) is 20.0 Å². The maximum Gasteiger partial charge on any atom is 0.416 e. The molecule has 0 saturated heterocycles. The van der Waals surface area contributed by atoms with Gasteiger partial charge in [-0.15, -0.1) is 0 Å². The van der Waals surface area contributed by atoms with Crippen molar-refractivity contribution in [2.75, 3.05) is 14.2 Å². The van der Waals surface area contributed by atoms with E-state index in [1.807, 2.05) is 109 Å². The highest BCUT2D eigenvalue weighted by Crippen LogP contribution is 2.32. The summed E-state index contributed by atoms with van der Waals surface area (Å²) in [6.07, 6.45) is 1.76. The first-order chi connectivity index (χ1) is 44.4. The Bertz CT molecular complexity index is 4550. The fraction of sp³-hybridized carbons (Fsp3) is 0.153. The van der Waals surface area contributed by atoms with Crippen LogP contribution in [0.5, 0.6) is 0 Å². The number of alkyl halides is 3. The second-order valence-corrected chi connectivity index (χ2v) is 26.7. The van der Waals surface area contributed by atoms with Crippen LogP contribution < -0.4 is 14.2 Å². The van der Waals surface area contributed by atoms with Crippen LogP contribution in [-0.2, 0) is 80.5 Å². The van der Waals surface area contributed by atoms with Gasteiger partial charge >= 0.3 is 24.1 Å². The molecule has 0 heterocycles. The minimum Gasteiger partial charge on any atom is -0.478 e. The smallest absolute Gasteiger partial charge is 0.416 e. The Balaban J connectivity index is 0.000000180. The number of aromatic carboxylic acids is 3. The van der Waals surface area contributed by atoms with Crippen LogP contribution in [0.2, 0.25) is 0 Å². The van der Waals surface area contributed by atoms with Crippen LogP contribution in [0, 0.1) is 0 Å². The Morgan fingerprint density at radius 2 is 0.742 bits per heavy atom. The van der Waals surface area contributed by atoms with Gasteiger partial charge in [0.1, 0.15) is 0 Å². The molecule has 21 heteroatoms. The van der Waals surface area contributed by atoms with E-state index in [1.165, 1.54) is 12.1 Å². The number of carboxylic acids is 3. The van der Waals surface area contributed by atoms with Gasteiger partial charge in [-0.2, -0.15) is 13.2 Å². The number of benzene rings is 10. The molecule has 0 atom stereocenters. The van der Waals surface area contributed by atoms with Crippen LogP contribution in [0.4, 0.5) is 30.2 Å². The van der Waals surface area contributed by atoms with Crippen molar-refractivity contribution in [1.82, 2.24) is 0 Å². The highest BCUT2D eigenvalue weighted by Gasteiger charge is 2.32. The van der Waals surface area contributed by atoms with E-state index < -0.39 is 64.6 Å². The molecule has 0 aliphatic carbocycles. The summed E-state index contributed by atoms with van der Waals surface area (Å²) in [7, 11) is -11.5. The topological polar surface area (TPSA) is 250 Å². The van der Waals surface area contributed by atoms with Crippen molar-refractivity contribution in [1.29, 1.82) is 0 Å². The Kier molecular flexibility index (Phi) is 23.5. The molecule has 10 aromatic rings. The summed E-state index contributed by atoms with van der Waals surface area (Å²) in [6.45, 7) is 0. The third kappa shape index (κ3) is 20.5. The first-order valence-electron chi connectivity index (χ1n) is 29.4. The van der Waals surface area contributed by atoms with Crippen molar-refractivity contribution in [2.45, 2.75) is 79.5 Å². The van der Waals surface area contributed by atoms with Crippen LogP contribution in [0.25, 0.3) is 10.8 Å². The number of para-hydroxylation sites is 3. The molecule has 0 saturated carbocycles. The lowest BCUT2D eigenvalue weighted by Gasteiger charge is -2.14. The van der Waals surface area contributed by atoms with Gasteiger partial charge in [-0.3, -0.25) is 14.2 Å². The van der Waals surface area contributed by atoms with Gasteiger partial charge in [-0.05, 0) is 181 Å². The Morgan fingerprint density at radius 3 is 1.18 bits per heavy atom. The number of sulfonamides is 3. The monoisotopic (exact) mass is 1320 g/mol. The minimum absolute atomic E-state index is 0.0713. The highest BCUT2D eigenvalue weighted by atomic mass is 32.2. The van der Waals surface area contributed by atoms with Gasteiger partial charge in [-0.25, -0.2) is 39.6 Å². The molecule has 0 fully saturated rings. The lowest BCUT2D eigenvalue weighted by molar-refractivity contribution is -0.137. The molecule has 6 N–H and O–H groups in total. The van der Waals surface area contributed by atoms with Crippen molar-refractivity contribution >= 4 is 75.8 Å². The number of halogens is 3. The molecule has 10 aromatic carbocycles. The fourth-order valence-electron chi connectivity index (χ4n) is 10.1. The average molecular weight is 1320 g/mol. The Hall–Kier alpha value is -10.1. The molecule has 0 bridgehead atoms. The highest BCUT2D eigenvalue weighted by molar-refractivity contribution is 7.93. The van der Waals surface area contributed by atoms with E-state index in [0.717, 1.165) is 82.6 Å². The number of hydrogen-bond acceptors (Lipinski definition) is 9. The molecule has 10 rings (SSSR count). The average Bonchev–Trinajstić information content (AvgIpc) is 0.856. The standard InChI is InChI=1S/C26H23NO4S.C23H20F3NO4S.C23H23NO4S/c28-26(29)22-17-15-19(16-18-22)7-5-11-21-9-2-4-13-24(21)27-32(30,31)25-14-6-10-20-8-1-3-12-23(20)25;24-23(25,26)19-8-4-9-20(15-19)32(30,31)27-21-10-2-1-6-17(21)7-3-5-16-11-13-18(14-12-16)22(28)29;25-23(26)21-15-13-18(14-16-21)9-6-11-20-10-4-5-12-22(20)24-29(27,28)17-19-7-2-1-3-8-19/h1-4,6,8-10,12-18,27H,5,7,11H2,(H,28,29);1-2,4,6,8-15,27H,3,5,7H2,(H,28,29);1-5,7-8,10,12-16,24H,6,9,11,17H2,(H,25,26). The van der Waals surface area contributed by atoms with E-state index in [9.17, 15) is 52.8 Å². The second kappa shape index (κ2) is 31.8. The zero-order chi connectivity index (χ0) is 66.6. The summed E-state index contributed by atoms with van der Waals surface area (Å²) >= 11 is 0. The van der Waals surface area contributed by atoms with E-state index >= 15 is 0 Å². The molecule has 0 radical (unpaired) electrons. The third-order valence-corrected chi connectivity index (χ3v) is 18.9. The SMILES string of the molecule is O=C(O)c1ccc(CCCc2ccccc2NS(=O)(=O)Cc2ccccc2)cc1.O=C(O)c1ccc(CCCc2ccccc2NS(=O)(=O)c2cccc(C(F)(F)F)c2)cc1.O=C(O)c1ccc(CCCc2ccccc2NS(=O)(=O)c2cccc3ccccc23)cc1. The number of rotatable bonds is 25.